The SMILES string of the molecule is CSc1c(C#N)c([C@H]2O[C@H]3OC(C)(C)O[C@H]3[C@H]2OCc2ccccc2)nn1C. The maximum absolute atomic E-state index is 9.71. The molecule has 2 aliphatic rings. The molecule has 8 heteroatoms. The average Bonchev–Trinajstić information content (AvgIpc) is 3.27. The van der Waals surface area contributed by atoms with E-state index in [0.717, 1.165) is 10.6 Å². The van der Waals surface area contributed by atoms with E-state index >= 15 is 0 Å². The molecule has 2 saturated heterocycles. The number of rotatable bonds is 5. The molecule has 0 saturated carbocycles. The first-order chi connectivity index (χ1) is 13.4. The molecule has 0 amide bonds. The molecule has 4 atom stereocenters. The molecule has 3 heterocycles. The van der Waals surface area contributed by atoms with Gasteiger partial charge in [-0.05, 0) is 25.7 Å². The van der Waals surface area contributed by atoms with Crippen LogP contribution < -0.4 is 0 Å². The summed E-state index contributed by atoms with van der Waals surface area (Å²) in [6.45, 7) is 4.11. The van der Waals surface area contributed by atoms with Gasteiger partial charge in [-0.1, -0.05) is 30.3 Å². The smallest absolute Gasteiger partial charge is 0.190 e. The summed E-state index contributed by atoms with van der Waals surface area (Å²) in [5.74, 6) is -0.749. The monoisotopic (exact) mass is 401 g/mol. The molecule has 1 aromatic carbocycles. The standard InChI is InChI=1S/C20H23N3O4S/c1-20(2)26-17-16(24-11-12-8-6-5-7-9-12)15(25-19(17)27-20)14-13(10-21)18(28-4)23(3)22-14/h5-9,15-17,19H,11H2,1-4H3/t15-,16+,17+,19+/m1/s1. The molecular formula is C20H23N3O4S. The Kier molecular flexibility index (Phi) is 5.21. The fraction of sp³-hybridized carbons (Fsp3) is 0.500. The molecule has 0 aliphatic carbocycles. The van der Waals surface area contributed by atoms with Crippen LogP contribution in [0, 0.1) is 11.3 Å². The van der Waals surface area contributed by atoms with E-state index in [-0.39, 0.29) is 0 Å². The van der Waals surface area contributed by atoms with Gasteiger partial charge in [-0.2, -0.15) is 10.4 Å². The highest BCUT2D eigenvalue weighted by Crippen LogP contribution is 2.45. The van der Waals surface area contributed by atoms with Crippen molar-refractivity contribution in [2.45, 2.75) is 55.9 Å². The minimum absolute atomic E-state index is 0.394. The van der Waals surface area contributed by atoms with Gasteiger partial charge in [0.1, 0.15) is 40.7 Å². The van der Waals surface area contributed by atoms with E-state index in [1.165, 1.54) is 11.8 Å². The molecule has 148 valence electrons. The highest BCUT2D eigenvalue weighted by Gasteiger charge is 2.57. The van der Waals surface area contributed by atoms with E-state index in [1.54, 1.807) is 4.68 Å². The summed E-state index contributed by atoms with van der Waals surface area (Å²) in [6.07, 6.45) is -0.0217. The molecular weight excluding hydrogens is 378 g/mol. The molecule has 28 heavy (non-hydrogen) atoms. The second-order valence-electron chi connectivity index (χ2n) is 7.29. The first-order valence-corrected chi connectivity index (χ1v) is 10.3. The van der Waals surface area contributed by atoms with Gasteiger partial charge in [0.05, 0.1) is 6.61 Å². The second-order valence-corrected chi connectivity index (χ2v) is 8.09. The number of nitrogens with zero attached hydrogens (tertiary/aromatic N) is 3. The summed E-state index contributed by atoms with van der Waals surface area (Å²) in [5, 5.41) is 15.1. The summed E-state index contributed by atoms with van der Waals surface area (Å²) < 4.78 is 26.1. The van der Waals surface area contributed by atoms with Crippen molar-refractivity contribution in [3.05, 3.63) is 47.2 Å². The van der Waals surface area contributed by atoms with Gasteiger partial charge in [0.25, 0.3) is 0 Å². The molecule has 7 nitrogen and oxygen atoms in total. The predicted molar refractivity (Wildman–Crippen MR) is 102 cm³/mol. The van der Waals surface area contributed by atoms with Crippen LogP contribution in [0.15, 0.2) is 35.4 Å². The van der Waals surface area contributed by atoms with Crippen LogP contribution in [0.1, 0.15) is 36.8 Å². The molecule has 0 bridgehead atoms. The Labute approximate surface area is 168 Å². The maximum Gasteiger partial charge on any atom is 0.190 e. The molecule has 0 spiro atoms. The van der Waals surface area contributed by atoms with Crippen LogP contribution in [-0.2, 0) is 32.6 Å². The Morgan fingerprint density at radius 1 is 1.29 bits per heavy atom. The van der Waals surface area contributed by atoms with Crippen molar-refractivity contribution in [2.24, 2.45) is 7.05 Å². The van der Waals surface area contributed by atoms with Crippen molar-refractivity contribution in [1.82, 2.24) is 9.78 Å². The Morgan fingerprint density at radius 2 is 2.04 bits per heavy atom. The number of fused-ring (bicyclic) bond motifs is 1. The van der Waals surface area contributed by atoms with Crippen LogP contribution in [0.3, 0.4) is 0 Å². The van der Waals surface area contributed by atoms with Gasteiger partial charge in [0.15, 0.2) is 12.1 Å². The first-order valence-electron chi connectivity index (χ1n) is 9.11. The predicted octanol–water partition coefficient (Wildman–Crippen LogP) is 3.15. The van der Waals surface area contributed by atoms with Gasteiger partial charge in [0, 0.05) is 7.05 Å². The zero-order valence-electron chi connectivity index (χ0n) is 16.3. The third-order valence-corrected chi connectivity index (χ3v) is 5.73. The molecule has 0 unspecified atom stereocenters. The molecule has 2 aliphatic heterocycles. The van der Waals surface area contributed by atoms with Gasteiger partial charge in [-0.25, -0.2) is 0 Å². The first kappa shape index (κ1) is 19.4. The number of benzene rings is 1. The Hall–Kier alpha value is -1.89. The lowest BCUT2D eigenvalue weighted by Gasteiger charge is -2.25. The second kappa shape index (κ2) is 7.50. The summed E-state index contributed by atoms with van der Waals surface area (Å²) >= 11 is 1.48. The van der Waals surface area contributed by atoms with Crippen molar-refractivity contribution < 1.29 is 18.9 Å². The van der Waals surface area contributed by atoms with Crippen molar-refractivity contribution in [2.75, 3.05) is 6.26 Å². The average molecular weight is 401 g/mol. The Bertz CT molecular complexity index is 893. The summed E-state index contributed by atoms with van der Waals surface area (Å²) in [4.78, 5) is 0. The van der Waals surface area contributed by atoms with Gasteiger partial charge >= 0.3 is 0 Å². The number of nitriles is 1. The van der Waals surface area contributed by atoms with Gasteiger partial charge in [-0.15, -0.1) is 11.8 Å². The number of hydrogen-bond acceptors (Lipinski definition) is 7. The summed E-state index contributed by atoms with van der Waals surface area (Å²) in [6, 6.07) is 12.2. The molecule has 2 aromatic rings. The van der Waals surface area contributed by atoms with Gasteiger partial charge in [-0.3, -0.25) is 4.68 Å². The number of thioether (sulfide) groups is 1. The molecule has 0 N–H and O–H groups in total. The van der Waals surface area contributed by atoms with Crippen LogP contribution in [0.25, 0.3) is 0 Å². The van der Waals surface area contributed by atoms with Crippen LogP contribution in [0.2, 0.25) is 0 Å². The molecule has 4 rings (SSSR count). The number of aromatic nitrogens is 2. The topological polar surface area (TPSA) is 78.5 Å². The van der Waals surface area contributed by atoms with Crippen molar-refractivity contribution in [3.8, 4) is 6.07 Å². The summed E-state index contributed by atoms with van der Waals surface area (Å²) in [5.41, 5.74) is 2.12. The highest BCUT2D eigenvalue weighted by atomic mass is 32.2. The minimum Gasteiger partial charge on any atom is -0.367 e. The van der Waals surface area contributed by atoms with Crippen molar-refractivity contribution in [3.63, 3.8) is 0 Å². The van der Waals surface area contributed by atoms with E-state index < -0.39 is 30.4 Å². The molecule has 1 aromatic heterocycles. The fourth-order valence-corrected chi connectivity index (χ4v) is 4.37. The van der Waals surface area contributed by atoms with E-state index in [0.29, 0.717) is 17.9 Å². The van der Waals surface area contributed by atoms with Crippen molar-refractivity contribution >= 4 is 11.8 Å². The minimum atomic E-state index is -0.749. The van der Waals surface area contributed by atoms with E-state index in [9.17, 15) is 5.26 Å². The molecule has 2 fully saturated rings. The van der Waals surface area contributed by atoms with Crippen LogP contribution in [0.5, 0.6) is 0 Å². The lowest BCUT2D eigenvalue weighted by molar-refractivity contribution is -0.220. The van der Waals surface area contributed by atoms with E-state index in [1.807, 2.05) is 57.5 Å². The quantitative estimate of drug-likeness (QED) is 0.712. The number of ether oxygens (including phenoxy) is 4. The largest absolute Gasteiger partial charge is 0.367 e. The van der Waals surface area contributed by atoms with Gasteiger partial charge < -0.3 is 18.9 Å². The van der Waals surface area contributed by atoms with Crippen LogP contribution in [-0.4, -0.2) is 40.3 Å². The lowest BCUT2D eigenvalue weighted by Crippen LogP contribution is -2.34. The fourth-order valence-electron chi connectivity index (χ4n) is 3.71. The summed E-state index contributed by atoms with van der Waals surface area (Å²) in [7, 11) is 1.82. The zero-order chi connectivity index (χ0) is 19.9. The lowest BCUT2D eigenvalue weighted by atomic mass is 10.0. The van der Waals surface area contributed by atoms with E-state index in [2.05, 4.69) is 11.2 Å². The number of aryl methyl sites for hydroxylation is 1. The Balaban J connectivity index is 1.65. The van der Waals surface area contributed by atoms with E-state index in [4.69, 9.17) is 18.9 Å². The zero-order valence-corrected chi connectivity index (χ0v) is 17.1. The third-order valence-electron chi connectivity index (χ3n) is 4.87. The normalized spacial score (nSPS) is 28.2. The van der Waals surface area contributed by atoms with Crippen LogP contribution >= 0.6 is 11.8 Å². The number of hydrogen-bond donors (Lipinski definition) is 0. The maximum atomic E-state index is 9.71. The van der Waals surface area contributed by atoms with Crippen molar-refractivity contribution in [1.29, 1.82) is 5.26 Å². The molecule has 0 radical (unpaired) electrons. The van der Waals surface area contributed by atoms with Gasteiger partial charge in [0.2, 0.25) is 0 Å². The Morgan fingerprint density at radius 3 is 2.71 bits per heavy atom. The van der Waals surface area contributed by atoms with Crippen LogP contribution in [0.4, 0.5) is 0 Å². The third kappa shape index (κ3) is 3.45. The highest BCUT2D eigenvalue weighted by molar-refractivity contribution is 7.98.